The third kappa shape index (κ3) is 4.16. The van der Waals surface area contributed by atoms with E-state index >= 15 is 0 Å². The minimum atomic E-state index is 0.167. The monoisotopic (exact) mass is 263 g/mol. The van der Waals surface area contributed by atoms with Crippen molar-refractivity contribution in [3.63, 3.8) is 0 Å². The van der Waals surface area contributed by atoms with Crippen LogP contribution in [0.2, 0.25) is 0 Å². The highest BCUT2D eigenvalue weighted by Crippen LogP contribution is 2.14. The lowest BCUT2D eigenvalue weighted by molar-refractivity contribution is 0.104. The van der Waals surface area contributed by atoms with Gasteiger partial charge in [-0.25, -0.2) is 4.98 Å². The summed E-state index contributed by atoms with van der Waals surface area (Å²) in [6.07, 6.45) is 3.63. The average molecular weight is 263 g/mol. The molecule has 1 fully saturated rings. The first-order valence-electron chi connectivity index (χ1n) is 6.89. The molecule has 1 aliphatic rings. The zero-order valence-electron chi connectivity index (χ0n) is 11.9. The molecule has 0 radical (unpaired) electrons. The molecular formula is C14H25N5. The Balaban J connectivity index is 1.88. The number of piperazine rings is 1. The first-order valence-corrected chi connectivity index (χ1v) is 6.89. The van der Waals surface area contributed by atoms with Crippen molar-refractivity contribution in [2.45, 2.75) is 24.9 Å². The van der Waals surface area contributed by atoms with E-state index in [1.807, 2.05) is 12.1 Å². The van der Waals surface area contributed by atoms with Crippen LogP contribution in [-0.4, -0.2) is 60.6 Å². The van der Waals surface area contributed by atoms with E-state index in [1.165, 1.54) is 5.56 Å². The Bertz CT molecular complexity index is 409. The second-order valence-electron chi connectivity index (χ2n) is 5.69. The van der Waals surface area contributed by atoms with Crippen LogP contribution in [0.25, 0.3) is 0 Å². The van der Waals surface area contributed by atoms with Crippen LogP contribution in [0.15, 0.2) is 18.3 Å². The van der Waals surface area contributed by atoms with E-state index in [9.17, 15) is 0 Å². The van der Waals surface area contributed by atoms with Crippen LogP contribution in [0.4, 0.5) is 5.82 Å². The molecule has 2 rings (SSSR count). The standard InChI is InChI=1S/C14H25N5/c1-18-5-6-19(2)13(10-18)9-12(15)7-11-3-4-17-14(16)8-11/h3-4,8,12-13H,5-7,9-10,15H2,1-2H3,(H2,16,17). The molecule has 0 saturated carbocycles. The summed E-state index contributed by atoms with van der Waals surface area (Å²) < 4.78 is 0. The molecule has 2 atom stereocenters. The smallest absolute Gasteiger partial charge is 0.123 e. The fraction of sp³-hybridized carbons (Fsp3) is 0.643. The van der Waals surface area contributed by atoms with Crippen LogP contribution in [0.3, 0.4) is 0 Å². The van der Waals surface area contributed by atoms with Crippen molar-refractivity contribution in [2.24, 2.45) is 5.73 Å². The number of nitrogen functional groups attached to an aromatic ring is 1. The summed E-state index contributed by atoms with van der Waals surface area (Å²) in [6, 6.07) is 4.62. The van der Waals surface area contributed by atoms with Gasteiger partial charge in [-0.1, -0.05) is 0 Å². The maximum atomic E-state index is 6.29. The van der Waals surface area contributed by atoms with Gasteiger partial charge in [-0.3, -0.25) is 0 Å². The van der Waals surface area contributed by atoms with Crippen molar-refractivity contribution in [2.75, 3.05) is 39.5 Å². The molecule has 1 aliphatic heterocycles. The van der Waals surface area contributed by atoms with E-state index in [2.05, 4.69) is 28.9 Å². The van der Waals surface area contributed by atoms with E-state index in [0.717, 1.165) is 32.5 Å². The van der Waals surface area contributed by atoms with Gasteiger partial charge in [0, 0.05) is 37.9 Å². The molecule has 5 heteroatoms. The number of rotatable bonds is 4. The van der Waals surface area contributed by atoms with Crippen molar-refractivity contribution < 1.29 is 0 Å². The van der Waals surface area contributed by atoms with Gasteiger partial charge in [0.1, 0.15) is 5.82 Å². The molecule has 0 aliphatic carbocycles. The van der Waals surface area contributed by atoms with Crippen LogP contribution in [-0.2, 0) is 6.42 Å². The summed E-state index contributed by atoms with van der Waals surface area (Å²) in [5, 5.41) is 0. The Labute approximate surface area is 115 Å². The summed E-state index contributed by atoms with van der Waals surface area (Å²) in [5.74, 6) is 0.569. The van der Waals surface area contributed by atoms with Crippen LogP contribution in [0.5, 0.6) is 0 Å². The average Bonchev–Trinajstić information content (AvgIpc) is 2.34. The van der Waals surface area contributed by atoms with Crippen molar-refractivity contribution in [1.82, 2.24) is 14.8 Å². The number of aromatic nitrogens is 1. The second kappa shape index (κ2) is 6.32. The quantitative estimate of drug-likeness (QED) is 0.810. The molecule has 5 nitrogen and oxygen atoms in total. The third-order valence-corrected chi connectivity index (χ3v) is 3.90. The minimum Gasteiger partial charge on any atom is -0.384 e. The number of anilines is 1. The largest absolute Gasteiger partial charge is 0.384 e. The third-order valence-electron chi connectivity index (χ3n) is 3.90. The van der Waals surface area contributed by atoms with Crippen molar-refractivity contribution >= 4 is 5.82 Å². The molecule has 0 amide bonds. The Hall–Kier alpha value is -1.17. The zero-order chi connectivity index (χ0) is 13.8. The predicted molar refractivity (Wildman–Crippen MR) is 78.9 cm³/mol. The molecule has 1 aromatic heterocycles. The number of nitrogens with zero attached hydrogens (tertiary/aromatic N) is 3. The van der Waals surface area contributed by atoms with E-state index < -0.39 is 0 Å². The van der Waals surface area contributed by atoms with Gasteiger partial charge >= 0.3 is 0 Å². The summed E-state index contributed by atoms with van der Waals surface area (Å²) in [5.41, 5.74) is 13.2. The summed E-state index contributed by atoms with van der Waals surface area (Å²) in [4.78, 5) is 8.80. The first-order chi connectivity index (χ1) is 9.04. The van der Waals surface area contributed by atoms with Crippen molar-refractivity contribution in [3.8, 4) is 0 Å². The molecule has 2 unspecified atom stereocenters. The van der Waals surface area contributed by atoms with Gasteiger partial charge in [0.25, 0.3) is 0 Å². The summed E-state index contributed by atoms with van der Waals surface area (Å²) in [6.45, 7) is 3.36. The van der Waals surface area contributed by atoms with Crippen LogP contribution in [0.1, 0.15) is 12.0 Å². The molecule has 0 bridgehead atoms. The molecule has 0 aromatic carbocycles. The topological polar surface area (TPSA) is 71.4 Å². The van der Waals surface area contributed by atoms with Gasteiger partial charge < -0.3 is 21.3 Å². The number of nitrogens with two attached hydrogens (primary N) is 2. The fourth-order valence-electron chi connectivity index (χ4n) is 2.71. The zero-order valence-corrected chi connectivity index (χ0v) is 11.9. The van der Waals surface area contributed by atoms with Crippen molar-refractivity contribution in [1.29, 1.82) is 0 Å². The number of hydrogen-bond donors (Lipinski definition) is 2. The molecule has 4 N–H and O–H groups in total. The lowest BCUT2D eigenvalue weighted by Crippen LogP contribution is -2.51. The number of pyridine rings is 1. The number of hydrogen-bond acceptors (Lipinski definition) is 5. The van der Waals surface area contributed by atoms with Crippen LogP contribution >= 0.6 is 0 Å². The summed E-state index contributed by atoms with van der Waals surface area (Å²) >= 11 is 0. The number of likely N-dealkylation sites (N-methyl/N-ethyl adjacent to an activating group) is 2. The fourth-order valence-corrected chi connectivity index (χ4v) is 2.71. The predicted octanol–water partition coefficient (Wildman–Crippen LogP) is 0.170. The highest BCUT2D eigenvalue weighted by molar-refractivity contribution is 5.32. The van der Waals surface area contributed by atoms with E-state index in [1.54, 1.807) is 6.20 Å². The van der Waals surface area contributed by atoms with Gasteiger partial charge in [0.05, 0.1) is 0 Å². The lowest BCUT2D eigenvalue weighted by atomic mass is 9.98. The van der Waals surface area contributed by atoms with Gasteiger partial charge in [0.2, 0.25) is 0 Å². The maximum absolute atomic E-state index is 6.29. The molecule has 2 heterocycles. The Morgan fingerprint density at radius 1 is 1.42 bits per heavy atom. The van der Waals surface area contributed by atoms with E-state index in [4.69, 9.17) is 11.5 Å². The Morgan fingerprint density at radius 2 is 2.21 bits per heavy atom. The molecule has 1 aromatic rings. The summed E-state index contributed by atoms with van der Waals surface area (Å²) in [7, 11) is 4.36. The van der Waals surface area contributed by atoms with Gasteiger partial charge in [0.15, 0.2) is 0 Å². The van der Waals surface area contributed by atoms with Gasteiger partial charge in [-0.2, -0.15) is 0 Å². The van der Waals surface area contributed by atoms with E-state index in [0.29, 0.717) is 11.9 Å². The first kappa shape index (κ1) is 14.2. The minimum absolute atomic E-state index is 0.167. The van der Waals surface area contributed by atoms with E-state index in [-0.39, 0.29) is 6.04 Å². The van der Waals surface area contributed by atoms with Gasteiger partial charge in [-0.05, 0) is 44.6 Å². The normalized spacial score (nSPS) is 23.4. The lowest BCUT2D eigenvalue weighted by Gasteiger charge is -2.38. The Morgan fingerprint density at radius 3 is 2.95 bits per heavy atom. The van der Waals surface area contributed by atoms with Crippen LogP contribution < -0.4 is 11.5 Å². The molecule has 19 heavy (non-hydrogen) atoms. The second-order valence-corrected chi connectivity index (χ2v) is 5.69. The Kier molecular flexibility index (Phi) is 4.74. The van der Waals surface area contributed by atoms with Crippen molar-refractivity contribution in [3.05, 3.63) is 23.9 Å². The maximum Gasteiger partial charge on any atom is 0.123 e. The van der Waals surface area contributed by atoms with Crippen LogP contribution in [0, 0.1) is 0 Å². The molecule has 1 saturated heterocycles. The molecule has 0 spiro atoms. The van der Waals surface area contributed by atoms with Gasteiger partial charge in [-0.15, -0.1) is 0 Å². The SMILES string of the molecule is CN1CCN(C)C(CC(N)Cc2ccnc(N)c2)C1. The molecule has 106 valence electrons. The highest BCUT2D eigenvalue weighted by atomic mass is 15.3. The molecular weight excluding hydrogens is 238 g/mol. The highest BCUT2D eigenvalue weighted by Gasteiger charge is 2.24.